The molecule has 2 heterocycles. The number of methoxy groups -OCH3 is 1. The van der Waals surface area contributed by atoms with Crippen LogP contribution >= 0.6 is 11.3 Å². The number of aromatic amines is 1. The summed E-state index contributed by atoms with van der Waals surface area (Å²) in [6, 6.07) is 17.4. The highest BCUT2D eigenvalue weighted by Gasteiger charge is 2.23. The van der Waals surface area contributed by atoms with Gasteiger partial charge >= 0.3 is 5.97 Å². The third kappa shape index (κ3) is 4.41. The largest absolute Gasteiger partial charge is 0.495 e. The molecule has 36 heavy (non-hydrogen) atoms. The molecule has 182 valence electrons. The lowest BCUT2D eigenvalue weighted by atomic mass is 10.0. The zero-order valence-electron chi connectivity index (χ0n) is 18.7. The predicted octanol–water partition coefficient (Wildman–Crippen LogP) is 5.61. The summed E-state index contributed by atoms with van der Waals surface area (Å²) in [5.41, 5.74) is 2.98. The van der Waals surface area contributed by atoms with E-state index in [0.717, 1.165) is 51.1 Å². The Labute approximate surface area is 209 Å². The summed E-state index contributed by atoms with van der Waals surface area (Å²) in [5, 5.41) is 11.8. The van der Waals surface area contributed by atoms with Gasteiger partial charge in [-0.2, -0.15) is 8.42 Å². The number of carboxylic acids is 1. The van der Waals surface area contributed by atoms with E-state index in [9.17, 15) is 17.6 Å². The number of hydrogen-bond donors (Lipinski definition) is 3. The van der Waals surface area contributed by atoms with Crippen LogP contribution in [0.1, 0.15) is 10.4 Å². The fourth-order valence-corrected chi connectivity index (χ4v) is 5.88. The number of aromatic carboxylic acids is 1. The molecular weight excluding hydrogens is 505 g/mol. The molecule has 3 N–H and O–H groups in total. The van der Waals surface area contributed by atoms with Gasteiger partial charge in [0, 0.05) is 28.7 Å². The molecule has 2 aromatic heterocycles. The van der Waals surface area contributed by atoms with Crippen LogP contribution in [-0.4, -0.2) is 36.6 Å². The summed E-state index contributed by atoms with van der Waals surface area (Å²) in [4.78, 5) is 18.6. The summed E-state index contributed by atoms with van der Waals surface area (Å²) < 4.78 is 47.2. The zero-order valence-corrected chi connectivity index (χ0v) is 20.3. The van der Waals surface area contributed by atoms with Gasteiger partial charge in [-0.05, 0) is 40.8 Å². The minimum absolute atomic E-state index is 0.138. The Kier molecular flexibility index (Phi) is 5.94. The number of sulfonamides is 1. The second-order valence-electron chi connectivity index (χ2n) is 7.79. The number of halogens is 1. The Balaban J connectivity index is 1.39. The van der Waals surface area contributed by atoms with Crippen molar-refractivity contribution in [2.45, 2.75) is 5.03 Å². The lowest BCUT2D eigenvalue weighted by Crippen LogP contribution is -2.15. The highest BCUT2D eigenvalue weighted by atomic mass is 32.2. The third-order valence-electron chi connectivity index (χ3n) is 5.54. The van der Waals surface area contributed by atoms with E-state index in [1.807, 2.05) is 48.7 Å². The average molecular weight is 524 g/mol. The maximum absolute atomic E-state index is 14.1. The normalized spacial score (nSPS) is 11.5. The van der Waals surface area contributed by atoms with Crippen molar-refractivity contribution in [2.75, 3.05) is 11.8 Å². The molecule has 0 unspecified atom stereocenters. The first-order valence-electron chi connectivity index (χ1n) is 10.5. The molecule has 0 bridgehead atoms. The van der Waals surface area contributed by atoms with E-state index in [1.165, 1.54) is 12.5 Å². The van der Waals surface area contributed by atoms with Crippen LogP contribution in [0.2, 0.25) is 0 Å². The molecule has 3 aromatic carbocycles. The van der Waals surface area contributed by atoms with E-state index >= 15 is 0 Å². The minimum atomic E-state index is -4.20. The van der Waals surface area contributed by atoms with Crippen LogP contribution in [0.3, 0.4) is 0 Å². The lowest BCUT2D eigenvalue weighted by Gasteiger charge is -2.12. The molecule has 0 aliphatic carbocycles. The molecule has 5 rings (SSSR count). The van der Waals surface area contributed by atoms with Crippen molar-refractivity contribution >= 4 is 43.9 Å². The van der Waals surface area contributed by atoms with Crippen molar-refractivity contribution in [1.29, 1.82) is 0 Å². The van der Waals surface area contributed by atoms with Crippen LogP contribution in [0.15, 0.2) is 77.3 Å². The smallest absolute Gasteiger partial charge is 0.338 e. The number of nitrogens with one attached hydrogen (secondary N) is 2. The fourth-order valence-electron chi connectivity index (χ4n) is 3.72. The summed E-state index contributed by atoms with van der Waals surface area (Å²) in [6.07, 6.45) is 1.89. The number of carbonyl (C=O) groups is 1. The third-order valence-corrected chi connectivity index (χ3v) is 7.83. The molecule has 11 heteroatoms. The number of H-pyrrole nitrogens is 1. The van der Waals surface area contributed by atoms with Crippen LogP contribution in [0, 0.1) is 5.82 Å². The molecule has 0 amide bonds. The standard InChI is InChI=1S/C25H18FN3O5S2/c1-34-22-11-18(25(30)31)19(26)12-21(22)29-36(32,33)23-13-35-24(28-23)15-4-2-14(3-5-15)16-6-7-20-17(10-16)8-9-27-20/h2-13,27,29H,1H3,(H,30,31). The average Bonchev–Trinajstić information content (AvgIpc) is 3.54. The quantitative estimate of drug-likeness (QED) is 0.255. The number of nitrogens with zero attached hydrogens (tertiary/aromatic N) is 1. The molecule has 0 atom stereocenters. The molecule has 0 fully saturated rings. The Bertz CT molecular complexity index is 1710. The SMILES string of the molecule is COc1cc(C(=O)O)c(F)cc1NS(=O)(=O)c1csc(-c2ccc(-c3ccc4[nH]ccc4c3)cc2)n1. The maximum Gasteiger partial charge on any atom is 0.338 e. The molecule has 8 nitrogen and oxygen atoms in total. The number of fused-ring (bicyclic) bond motifs is 1. The van der Waals surface area contributed by atoms with E-state index in [4.69, 9.17) is 9.84 Å². The van der Waals surface area contributed by atoms with E-state index in [1.54, 1.807) is 0 Å². The van der Waals surface area contributed by atoms with Crippen LogP contribution in [-0.2, 0) is 10.0 Å². The highest BCUT2D eigenvalue weighted by molar-refractivity contribution is 7.92. The molecule has 0 saturated carbocycles. The van der Waals surface area contributed by atoms with Crippen LogP contribution in [0.5, 0.6) is 5.75 Å². The first-order valence-corrected chi connectivity index (χ1v) is 12.9. The van der Waals surface area contributed by atoms with Gasteiger partial charge in [0.25, 0.3) is 10.0 Å². The first kappa shape index (κ1) is 23.5. The van der Waals surface area contributed by atoms with E-state index < -0.39 is 27.4 Å². The summed E-state index contributed by atoms with van der Waals surface area (Å²) in [5.74, 6) is -2.74. The molecule has 0 saturated heterocycles. The molecule has 0 aliphatic rings. The van der Waals surface area contributed by atoms with Gasteiger partial charge < -0.3 is 14.8 Å². The van der Waals surface area contributed by atoms with Crippen molar-refractivity contribution in [1.82, 2.24) is 9.97 Å². The van der Waals surface area contributed by atoms with Crippen LogP contribution in [0.25, 0.3) is 32.6 Å². The molecule has 0 radical (unpaired) electrons. The molecule has 5 aromatic rings. The number of thiazole rings is 1. The van der Waals surface area contributed by atoms with Gasteiger partial charge in [-0.25, -0.2) is 14.2 Å². The predicted molar refractivity (Wildman–Crippen MR) is 136 cm³/mol. The van der Waals surface area contributed by atoms with Crippen molar-refractivity contribution < 1.29 is 27.4 Å². The maximum atomic E-state index is 14.1. The van der Waals surface area contributed by atoms with Gasteiger partial charge in [-0.1, -0.05) is 30.3 Å². The van der Waals surface area contributed by atoms with Crippen molar-refractivity contribution in [2.24, 2.45) is 0 Å². The Morgan fingerprint density at radius 1 is 1.06 bits per heavy atom. The number of anilines is 1. The molecule has 0 aliphatic heterocycles. The number of ether oxygens (including phenoxy) is 1. The van der Waals surface area contributed by atoms with Gasteiger partial charge in [0.15, 0.2) is 5.03 Å². The topological polar surface area (TPSA) is 121 Å². The Morgan fingerprint density at radius 3 is 2.50 bits per heavy atom. The number of carboxylic acid groups (broad SMARTS) is 1. The van der Waals surface area contributed by atoms with Crippen molar-refractivity contribution in [3.8, 4) is 27.4 Å². The Morgan fingerprint density at radius 2 is 1.78 bits per heavy atom. The summed E-state index contributed by atoms with van der Waals surface area (Å²) >= 11 is 1.15. The molecular formula is C25H18FN3O5S2. The number of hydrogen-bond acceptors (Lipinski definition) is 6. The Hall–Kier alpha value is -4.22. The van der Waals surface area contributed by atoms with Gasteiger partial charge in [0.05, 0.1) is 18.4 Å². The van der Waals surface area contributed by atoms with Gasteiger partial charge in [-0.15, -0.1) is 11.3 Å². The second-order valence-corrected chi connectivity index (χ2v) is 10.3. The van der Waals surface area contributed by atoms with Gasteiger partial charge in [0.2, 0.25) is 0 Å². The van der Waals surface area contributed by atoms with E-state index in [2.05, 4.69) is 20.8 Å². The van der Waals surface area contributed by atoms with Gasteiger partial charge in [-0.3, -0.25) is 4.72 Å². The number of rotatable bonds is 7. The van der Waals surface area contributed by atoms with E-state index in [-0.39, 0.29) is 16.5 Å². The lowest BCUT2D eigenvalue weighted by molar-refractivity contribution is 0.0691. The number of benzene rings is 3. The zero-order chi connectivity index (χ0) is 25.4. The van der Waals surface area contributed by atoms with Crippen molar-refractivity contribution in [3.05, 3.63) is 83.6 Å². The minimum Gasteiger partial charge on any atom is -0.495 e. The second kappa shape index (κ2) is 9.10. The van der Waals surface area contributed by atoms with E-state index in [0.29, 0.717) is 5.01 Å². The number of aromatic nitrogens is 2. The van der Waals surface area contributed by atoms with Crippen LogP contribution < -0.4 is 9.46 Å². The van der Waals surface area contributed by atoms with Crippen molar-refractivity contribution in [3.63, 3.8) is 0 Å². The summed E-state index contributed by atoms with van der Waals surface area (Å²) in [7, 11) is -2.98. The summed E-state index contributed by atoms with van der Waals surface area (Å²) in [6.45, 7) is 0. The first-order chi connectivity index (χ1) is 17.2. The molecule has 0 spiro atoms. The fraction of sp³-hybridized carbons (Fsp3) is 0.0400. The highest BCUT2D eigenvalue weighted by Crippen LogP contribution is 2.33. The van der Waals surface area contributed by atoms with Gasteiger partial charge in [0.1, 0.15) is 16.6 Å². The monoisotopic (exact) mass is 523 g/mol. The van der Waals surface area contributed by atoms with Crippen LogP contribution in [0.4, 0.5) is 10.1 Å².